The predicted molar refractivity (Wildman–Crippen MR) is 75.9 cm³/mol. The molecule has 1 aliphatic heterocycles. The van der Waals surface area contributed by atoms with Crippen molar-refractivity contribution in [1.29, 1.82) is 0 Å². The highest BCUT2D eigenvalue weighted by atomic mass is 16.5. The highest BCUT2D eigenvalue weighted by Gasteiger charge is 2.22. The number of hydrogen-bond acceptors (Lipinski definition) is 4. The third kappa shape index (κ3) is 3.13. The Balaban J connectivity index is 1.58. The van der Waals surface area contributed by atoms with Crippen LogP contribution in [0.5, 0.6) is 0 Å². The van der Waals surface area contributed by atoms with Crippen molar-refractivity contribution in [2.24, 2.45) is 0 Å². The van der Waals surface area contributed by atoms with Crippen molar-refractivity contribution in [2.45, 2.75) is 32.0 Å². The number of nitrogens with one attached hydrogen (secondary N) is 1. The van der Waals surface area contributed by atoms with Gasteiger partial charge in [0.15, 0.2) is 0 Å². The molecular weight excluding hydrogens is 270 g/mol. The normalized spacial score (nSPS) is 17.5. The van der Waals surface area contributed by atoms with E-state index in [1.807, 2.05) is 6.20 Å². The van der Waals surface area contributed by atoms with Crippen molar-refractivity contribution in [3.8, 4) is 0 Å². The van der Waals surface area contributed by atoms with E-state index in [0.717, 1.165) is 25.2 Å². The van der Waals surface area contributed by atoms with E-state index in [-0.39, 0.29) is 11.9 Å². The average molecular weight is 289 g/mol. The lowest BCUT2D eigenvalue weighted by Gasteiger charge is -2.23. The fourth-order valence-electron chi connectivity index (χ4n) is 2.53. The second-order valence-corrected chi connectivity index (χ2v) is 5.16. The molecule has 0 aliphatic carbocycles. The molecule has 1 atom stereocenters. The molecule has 21 heavy (non-hydrogen) atoms. The van der Waals surface area contributed by atoms with Crippen LogP contribution in [0, 0.1) is 0 Å². The maximum absolute atomic E-state index is 12.2. The first-order chi connectivity index (χ1) is 10.3. The van der Waals surface area contributed by atoms with Gasteiger partial charge in [0.05, 0.1) is 13.2 Å². The zero-order valence-electron chi connectivity index (χ0n) is 12.0. The number of methoxy groups -OCH3 is 1. The van der Waals surface area contributed by atoms with Gasteiger partial charge in [-0.25, -0.2) is 4.98 Å². The van der Waals surface area contributed by atoms with E-state index in [9.17, 15) is 4.79 Å². The molecule has 1 N–H and O–H groups in total. The van der Waals surface area contributed by atoms with E-state index in [1.165, 1.54) is 0 Å². The van der Waals surface area contributed by atoms with Crippen LogP contribution in [0.25, 0.3) is 0 Å². The maximum Gasteiger partial charge on any atom is 0.272 e. The number of ether oxygens (including phenoxy) is 1. The Morgan fingerprint density at radius 1 is 1.52 bits per heavy atom. The van der Waals surface area contributed by atoms with Gasteiger partial charge < -0.3 is 14.6 Å². The zero-order chi connectivity index (χ0) is 14.7. The number of aryl methyl sites for hydroxylation is 1. The molecule has 2 aromatic rings. The average Bonchev–Trinajstić information content (AvgIpc) is 3.13. The summed E-state index contributed by atoms with van der Waals surface area (Å²) in [5.41, 5.74) is 0.444. The highest BCUT2D eigenvalue weighted by molar-refractivity contribution is 5.92. The Morgan fingerprint density at radius 2 is 2.43 bits per heavy atom. The number of imidazole rings is 1. The quantitative estimate of drug-likeness (QED) is 0.868. The van der Waals surface area contributed by atoms with E-state index in [4.69, 9.17) is 4.74 Å². The Labute approximate surface area is 122 Å². The Kier molecular flexibility index (Phi) is 4.01. The molecule has 0 saturated carbocycles. The van der Waals surface area contributed by atoms with E-state index in [0.29, 0.717) is 18.8 Å². The van der Waals surface area contributed by atoms with Gasteiger partial charge in [-0.3, -0.25) is 9.48 Å². The van der Waals surface area contributed by atoms with Gasteiger partial charge in [-0.1, -0.05) is 0 Å². The SMILES string of the molecule is COCCn1ccc(C(=O)NC2CCn3ccnc3C2)n1. The first kappa shape index (κ1) is 13.8. The lowest BCUT2D eigenvalue weighted by atomic mass is 10.1. The maximum atomic E-state index is 12.2. The monoisotopic (exact) mass is 289 g/mol. The topological polar surface area (TPSA) is 74.0 Å². The molecule has 112 valence electrons. The van der Waals surface area contributed by atoms with E-state index >= 15 is 0 Å². The van der Waals surface area contributed by atoms with Crippen molar-refractivity contribution < 1.29 is 9.53 Å². The van der Waals surface area contributed by atoms with Gasteiger partial charge in [-0.05, 0) is 12.5 Å². The number of hydrogen-bond donors (Lipinski definition) is 1. The summed E-state index contributed by atoms with van der Waals surface area (Å²) in [6, 6.07) is 1.85. The number of aromatic nitrogens is 4. The van der Waals surface area contributed by atoms with Crippen LogP contribution >= 0.6 is 0 Å². The predicted octanol–water partition coefficient (Wildman–Crippen LogP) is 0.471. The van der Waals surface area contributed by atoms with Crippen LogP contribution in [0.4, 0.5) is 0 Å². The van der Waals surface area contributed by atoms with Crippen molar-refractivity contribution in [3.63, 3.8) is 0 Å². The standard InChI is InChI=1S/C14H19N5O2/c1-21-9-8-19-6-3-12(17-19)14(20)16-11-2-5-18-7-4-15-13(18)10-11/h3-4,6-7,11H,2,5,8-10H2,1H3,(H,16,20). The second-order valence-electron chi connectivity index (χ2n) is 5.16. The van der Waals surface area contributed by atoms with Crippen LogP contribution < -0.4 is 5.32 Å². The third-order valence-electron chi connectivity index (χ3n) is 3.68. The fraction of sp³-hybridized carbons (Fsp3) is 0.500. The summed E-state index contributed by atoms with van der Waals surface area (Å²) in [6.45, 7) is 2.11. The summed E-state index contributed by atoms with van der Waals surface area (Å²) >= 11 is 0. The van der Waals surface area contributed by atoms with Crippen LogP contribution in [0.2, 0.25) is 0 Å². The summed E-state index contributed by atoms with van der Waals surface area (Å²) in [6.07, 6.45) is 7.26. The van der Waals surface area contributed by atoms with Crippen molar-refractivity contribution in [1.82, 2.24) is 24.6 Å². The number of amides is 1. The fourth-order valence-corrected chi connectivity index (χ4v) is 2.53. The first-order valence-electron chi connectivity index (χ1n) is 7.09. The number of fused-ring (bicyclic) bond motifs is 1. The van der Waals surface area contributed by atoms with Gasteiger partial charge in [0.25, 0.3) is 5.91 Å². The number of rotatable bonds is 5. The second kappa shape index (κ2) is 6.09. The number of carbonyl (C=O) groups excluding carboxylic acids is 1. The lowest BCUT2D eigenvalue weighted by molar-refractivity contribution is 0.0924. The summed E-state index contributed by atoms with van der Waals surface area (Å²) in [5.74, 6) is 0.897. The minimum absolute atomic E-state index is 0.122. The van der Waals surface area contributed by atoms with Gasteiger partial charge in [-0.15, -0.1) is 0 Å². The summed E-state index contributed by atoms with van der Waals surface area (Å²) in [4.78, 5) is 16.5. The number of carbonyl (C=O) groups is 1. The van der Waals surface area contributed by atoms with Crippen molar-refractivity contribution in [2.75, 3.05) is 13.7 Å². The molecule has 0 spiro atoms. The summed E-state index contributed by atoms with van der Waals surface area (Å²) in [5, 5.41) is 7.29. The largest absolute Gasteiger partial charge is 0.383 e. The minimum atomic E-state index is -0.129. The molecule has 0 fully saturated rings. The third-order valence-corrected chi connectivity index (χ3v) is 3.68. The molecule has 0 saturated heterocycles. The van der Waals surface area contributed by atoms with E-state index < -0.39 is 0 Å². The molecule has 0 radical (unpaired) electrons. The van der Waals surface area contributed by atoms with Crippen LogP contribution in [0.15, 0.2) is 24.7 Å². The molecule has 1 amide bonds. The summed E-state index contributed by atoms with van der Waals surface area (Å²) < 4.78 is 8.83. The molecule has 0 bridgehead atoms. The molecule has 2 aromatic heterocycles. The van der Waals surface area contributed by atoms with Crippen molar-refractivity contribution in [3.05, 3.63) is 36.2 Å². The first-order valence-corrected chi connectivity index (χ1v) is 7.09. The van der Waals surface area contributed by atoms with Crippen molar-refractivity contribution >= 4 is 5.91 Å². The summed E-state index contributed by atoms with van der Waals surface area (Å²) in [7, 11) is 1.64. The Bertz CT molecular complexity index is 618. The van der Waals surface area contributed by atoms with Gasteiger partial charge in [-0.2, -0.15) is 5.10 Å². The minimum Gasteiger partial charge on any atom is -0.383 e. The Hall–Kier alpha value is -2.15. The van der Waals surface area contributed by atoms with Gasteiger partial charge in [0, 0.05) is 44.7 Å². The van der Waals surface area contributed by atoms with Crippen LogP contribution in [-0.2, 0) is 24.2 Å². The highest BCUT2D eigenvalue weighted by Crippen LogP contribution is 2.13. The molecule has 1 unspecified atom stereocenters. The van der Waals surface area contributed by atoms with E-state index in [1.54, 1.807) is 30.3 Å². The van der Waals surface area contributed by atoms with Gasteiger partial charge in [0.2, 0.25) is 0 Å². The molecular formula is C14H19N5O2. The van der Waals surface area contributed by atoms with Gasteiger partial charge >= 0.3 is 0 Å². The molecule has 7 heteroatoms. The lowest BCUT2D eigenvalue weighted by Crippen LogP contribution is -2.40. The van der Waals surface area contributed by atoms with Crippen LogP contribution in [0.3, 0.4) is 0 Å². The number of nitrogens with zero attached hydrogens (tertiary/aromatic N) is 4. The Morgan fingerprint density at radius 3 is 3.29 bits per heavy atom. The molecule has 3 rings (SSSR count). The molecule has 1 aliphatic rings. The molecule has 3 heterocycles. The van der Waals surface area contributed by atoms with Crippen LogP contribution in [-0.4, -0.2) is 45.0 Å². The molecule has 7 nitrogen and oxygen atoms in total. The van der Waals surface area contributed by atoms with Gasteiger partial charge in [0.1, 0.15) is 11.5 Å². The zero-order valence-corrected chi connectivity index (χ0v) is 12.0. The molecule has 0 aromatic carbocycles. The smallest absolute Gasteiger partial charge is 0.272 e. The van der Waals surface area contributed by atoms with Crippen LogP contribution in [0.1, 0.15) is 22.7 Å². The van der Waals surface area contributed by atoms with E-state index in [2.05, 4.69) is 20.0 Å².